The number of benzene rings is 8. The van der Waals surface area contributed by atoms with Crippen LogP contribution in [0.3, 0.4) is 0 Å². The first kappa shape index (κ1) is 30.3. The molecular formula is C49H30N2S2. The summed E-state index contributed by atoms with van der Waals surface area (Å²) in [6, 6.07) is 62.4. The van der Waals surface area contributed by atoms with Crippen LogP contribution in [0.15, 0.2) is 182 Å². The second kappa shape index (κ2) is 12.1. The van der Waals surface area contributed by atoms with Crippen molar-refractivity contribution in [2.45, 2.75) is 0 Å². The van der Waals surface area contributed by atoms with Crippen molar-refractivity contribution < 1.29 is 0 Å². The van der Waals surface area contributed by atoms with Crippen molar-refractivity contribution in [2.24, 2.45) is 0 Å². The molecule has 2 nitrogen and oxygen atoms in total. The van der Waals surface area contributed by atoms with E-state index in [2.05, 4.69) is 174 Å². The Hall–Kier alpha value is -6.33. The topological polar surface area (TPSA) is 16.1 Å². The second-order valence-electron chi connectivity index (χ2n) is 13.6. The molecule has 0 spiro atoms. The van der Waals surface area contributed by atoms with Gasteiger partial charge >= 0.3 is 0 Å². The minimum absolute atomic E-state index is 1.12. The van der Waals surface area contributed by atoms with Crippen molar-refractivity contribution in [3.05, 3.63) is 182 Å². The van der Waals surface area contributed by atoms with Gasteiger partial charge in [-0.2, -0.15) is 0 Å². The molecule has 0 aliphatic rings. The third kappa shape index (κ3) is 5.02. The predicted molar refractivity (Wildman–Crippen MR) is 231 cm³/mol. The minimum atomic E-state index is 1.12. The maximum atomic E-state index is 4.30. The number of hydrogen-bond donors (Lipinski definition) is 0. The monoisotopic (exact) mass is 710 g/mol. The van der Waals surface area contributed by atoms with Crippen molar-refractivity contribution in [1.82, 2.24) is 4.98 Å². The van der Waals surface area contributed by atoms with Crippen molar-refractivity contribution in [3.63, 3.8) is 0 Å². The molecule has 0 N–H and O–H groups in total. The fourth-order valence-electron chi connectivity index (χ4n) is 7.90. The summed E-state index contributed by atoms with van der Waals surface area (Å²) in [4.78, 5) is 6.72. The SMILES string of the molecule is c1cncc(-c2ccc(-c3ccc(N(c4ccc5ccc6c7ccccc7sc6c5c4)c4ccc5ccc6c7ccccc7sc6c5c4)cc3)cc2)c1. The molecule has 0 fully saturated rings. The third-order valence-corrected chi connectivity index (χ3v) is 13.0. The lowest BCUT2D eigenvalue weighted by molar-refractivity contribution is 1.30. The molecular weight excluding hydrogens is 681 g/mol. The predicted octanol–water partition coefficient (Wildman–Crippen LogP) is 14.9. The van der Waals surface area contributed by atoms with Crippen LogP contribution >= 0.6 is 22.7 Å². The largest absolute Gasteiger partial charge is 0.310 e. The Morgan fingerprint density at radius 2 is 0.830 bits per heavy atom. The van der Waals surface area contributed by atoms with Gasteiger partial charge < -0.3 is 4.90 Å². The molecule has 0 amide bonds. The van der Waals surface area contributed by atoms with Gasteiger partial charge in [-0.05, 0) is 87.6 Å². The molecule has 3 heterocycles. The molecule has 8 aromatic carbocycles. The summed E-state index contributed by atoms with van der Waals surface area (Å²) in [7, 11) is 0. The summed E-state index contributed by atoms with van der Waals surface area (Å²) in [5, 5.41) is 10.3. The van der Waals surface area contributed by atoms with Gasteiger partial charge in [0.05, 0.1) is 0 Å². The number of fused-ring (bicyclic) bond motifs is 10. The number of thiophene rings is 2. The summed E-state index contributed by atoms with van der Waals surface area (Å²) in [6.45, 7) is 0. The molecule has 0 unspecified atom stereocenters. The van der Waals surface area contributed by atoms with Crippen LogP contribution in [0.2, 0.25) is 0 Å². The molecule has 4 heteroatoms. The standard InChI is InChI=1S/C49H30N2S2/c1-3-9-46-40(7-1)42-25-19-34-17-23-38(28-44(34)48(42)52-46)51(37-21-15-32(16-22-37)31-11-13-33(14-12-31)36-6-5-27-50-30-36)39-24-18-35-20-26-43-41-8-2-4-10-47(41)53-49(43)45(35)29-39/h1-30H. The van der Waals surface area contributed by atoms with Crippen LogP contribution in [0.25, 0.3) is 84.1 Å². The summed E-state index contributed by atoms with van der Waals surface area (Å²) in [5.74, 6) is 0. The first-order valence-corrected chi connectivity index (χ1v) is 19.5. The molecule has 11 aromatic rings. The van der Waals surface area contributed by atoms with Crippen LogP contribution in [0, 0.1) is 0 Å². The molecule has 0 atom stereocenters. The normalized spacial score (nSPS) is 11.8. The molecule has 248 valence electrons. The number of rotatable bonds is 5. The summed E-state index contributed by atoms with van der Waals surface area (Å²) in [6.07, 6.45) is 3.73. The quantitative estimate of drug-likeness (QED) is 0.177. The van der Waals surface area contributed by atoms with Gasteiger partial charge in [0.2, 0.25) is 0 Å². The van der Waals surface area contributed by atoms with Gasteiger partial charge in [0.25, 0.3) is 0 Å². The Kier molecular flexibility index (Phi) is 6.94. The highest BCUT2D eigenvalue weighted by Crippen LogP contribution is 2.44. The summed E-state index contributed by atoms with van der Waals surface area (Å²) < 4.78 is 5.31. The van der Waals surface area contributed by atoms with Crippen LogP contribution in [-0.2, 0) is 0 Å². The smallest absolute Gasteiger partial charge is 0.0468 e. The molecule has 0 saturated heterocycles. The average Bonchev–Trinajstić information content (AvgIpc) is 3.81. The number of nitrogens with zero attached hydrogens (tertiary/aromatic N) is 2. The summed E-state index contributed by atoms with van der Waals surface area (Å²) >= 11 is 3.77. The van der Waals surface area contributed by atoms with E-state index in [1.165, 1.54) is 73.0 Å². The maximum Gasteiger partial charge on any atom is 0.0468 e. The molecule has 0 aliphatic carbocycles. The van der Waals surface area contributed by atoms with E-state index in [4.69, 9.17) is 0 Å². The zero-order valence-electron chi connectivity index (χ0n) is 28.5. The van der Waals surface area contributed by atoms with Gasteiger partial charge in [0.15, 0.2) is 0 Å². The lowest BCUT2D eigenvalue weighted by atomic mass is 10.0. The second-order valence-corrected chi connectivity index (χ2v) is 15.7. The van der Waals surface area contributed by atoms with Gasteiger partial charge in [-0.15, -0.1) is 22.7 Å². The molecule has 0 bridgehead atoms. The van der Waals surface area contributed by atoms with Crippen LogP contribution < -0.4 is 4.90 Å². The zero-order chi connectivity index (χ0) is 34.9. The van der Waals surface area contributed by atoms with Crippen LogP contribution in [-0.4, -0.2) is 4.98 Å². The van der Waals surface area contributed by atoms with Crippen molar-refractivity contribution in [1.29, 1.82) is 0 Å². The maximum absolute atomic E-state index is 4.30. The van der Waals surface area contributed by atoms with E-state index in [-0.39, 0.29) is 0 Å². The van der Waals surface area contributed by atoms with Crippen molar-refractivity contribution in [3.8, 4) is 22.3 Å². The summed E-state index contributed by atoms with van der Waals surface area (Å²) in [5.41, 5.74) is 8.05. The highest BCUT2D eigenvalue weighted by molar-refractivity contribution is 7.27. The highest BCUT2D eigenvalue weighted by Gasteiger charge is 2.17. The Bertz CT molecular complexity index is 3000. The van der Waals surface area contributed by atoms with Crippen LogP contribution in [0.1, 0.15) is 0 Å². The van der Waals surface area contributed by atoms with Gasteiger partial charge in [0.1, 0.15) is 0 Å². The first-order valence-electron chi connectivity index (χ1n) is 17.8. The van der Waals surface area contributed by atoms with Gasteiger partial charge in [-0.1, -0.05) is 115 Å². The van der Waals surface area contributed by atoms with Crippen LogP contribution in [0.4, 0.5) is 17.1 Å². The fourth-order valence-corrected chi connectivity index (χ4v) is 10.4. The first-order chi connectivity index (χ1) is 26.2. The number of pyridine rings is 1. The number of hydrogen-bond acceptors (Lipinski definition) is 4. The van der Waals surface area contributed by atoms with Crippen molar-refractivity contribution >= 4 is 102 Å². The van der Waals surface area contributed by atoms with E-state index in [0.29, 0.717) is 0 Å². The van der Waals surface area contributed by atoms with E-state index in [9.17, 15) is 0 Å². The molecule has 3 aromatic heterocycles. The molecule has 0 aliphatic heterocycles. The molecule has 53 heavy (non-hydrogen) atoms. The lowest BCUT2D eigenvalue weighted by Gasteiger charge is -2.26. The highest BCUT2D eigenvalue weighted by atomic mass is 32.1. The molecule has 0 radical (unpaired) electrons. The Morgan fingerprint density at radius 1 is 0.358 bits per heavy atom. The van der Waals surface area contributed by atoms with E-state index in [0.717, 1.165) is 28.2 Å². The third-order valence-electron chi connectivity index (χ3n) is 10.5. The van der Waals surface area contributed by atoms with Gasteiger partial charge in [-0.3, -0.25) is 4.98 Å². The Labute approximate surface area is 314 Å². The number of anilines is 3. The average molecular weight is 711 g/mol. The minimum Gasteiger partial charge on any atom is -0.310 e. The van der Waals surface area contributed by atoms with E-state index in [1.54, 1.807) is 0 Å². The lowest BCUT2D eigenvalue weighted by Crippen LogP contribution is -2.10. The van der Waals surface area contributed by atoms with Crippen molar-refractivity contribution in [2.75, 3.05) is 4.90 Å². The van der Waals surface area contributed by atoms with Gasteiger partial charge in [0, 0.05) is 80.6 Å². The Morgan fingerprint density at radius 3 is 1.36 bits per heavy atom. The number of aromatic nitrogens is 1. The zero-order valence-corrected chi connectivity index (χ0v) is 30.2. The van der Waals surface area contributed by atoms with E-state index >= 15 is 0 Å². The van der Waals surface area contributed by atoms with E-state index < -0.39 is 0 Å². The molecule has 11 rings (SSSR count). The van der Waals surface area contributed by atoms with Crippen LogP contribution in [0.5, 0.6) is 0 Å². The molecule has 0 saturated carbocycles. The fraction of sp³-hybridized carbons (Fsp3) is 0. The Balaban J connectivity index is 1.08. The van der Waals surface area contributed by atoms with E-state index in [1.807, 2.05) is 41.1 Å². The van der Waals surface area contributed by atoms with Gasteiger partial charge in [-0.25, -0.2) is 0 Å².